The third-order valence-corrected chi connectivity index (χ3v) is 7.01. The lowest BCUT2D eigenvalue weighted by atomic mass is 10.1. The summed E-state index contributed by atoms with van der Waals surface area (Å²) >= 11 is 0. The molecule has 1 aromatic carbocycles. The van der Waals surface area contributed by atoms with E-state index in [1.54, 1.807) is 30.5 Å². The van der Waals surface area contributed by atoms with Crippen molar-refractivity contribution in [2.24, 2.45) is 7.05 Å². The van der Waals surface area contributed by atoms with E-state index in [-0.39, 0.29) is 30.1 Å². The van der Waals surface area contributed by atoms with Gasteiger partial charge in [-0.1, -0.05) is 6.07 Å². The third kappa shape index (κ3) is 3.74. The molecule has 2 aromatic rings. The number of rotatable bonds is 3. The van der Waals surface area contributed by atoms with Gasteiger partial charge in [0.25, 0.3) is 5.91 Å². The second kappa shape index (κ2) is 8.10. The van der Waals surface area contributed by atoms with Gasteiger partial charge in [-0.05, 0) is 24.6 Å². The maximum atomic E-state index is 13.2. The molecule has 2 fully saturated rings. The van der Waals surface area contributed by atoms with Crippen molar-refractivity contribution >= 4 is 34.0 Å². The number of carbonyl (C=O) groups excluding carboxylic acids is 1. The molecule has 152 valence electrons. The smallest absolute Gasteiger partial charge is 0.254 e. The fraction of sp³-hybridized carbons (Fsp3) is 0.444. The van der Waals surface area contributed by atoms with Crippen LogP contribution in [0.5, 0.6) is 0 Å². The maximum absolute atomic E-state index is 13.2. The summed E-state index contributed by atoms with van der Waals surface area (Å²) in [4.78, 5) is 19.5. The van der Waals surface area contributed by atoms with Crippen molar-refractivity contribution in [3.63, 3.8) is 0 Å². The van der Waals surface area contributed by atoms with Crippen LogP contribution in [-0.2, 0) is 17.1 Å². The van der Waals surface area contributed by atoms with Crippen LogP contribution in [0, 0.1) is 0 Å². The second-order valence-electron chi connectivity index (χ2n) is 6.91. The summed E-state index contributed by atoms with van der Waals surface area (Å²) in [6.07, 6.45) is 4.20. The second-order valence-corrected chi connectivity index (χ2v) is 8.92. The lowest BCUT2D eigenvalue weighted by Crippen LogP contribution is -2.49. The third-order valence-electron chi connectivity index (χ3n) is 5.14. The lowest BCUT2D eigenvalue weighted by Gasteiger charge is -2.36. The average Bonchev–Trinajstić information content (AvgIpc) is 3.25. The number of nitrogens with one attached hydrogen (secondary N) is 1. The van der Waals surface area contributed by atoms with Gasteiger partial charge in [0.05, 0.1) is 11.4 Å². The number of halogens is 1. The Labute approximate surface area is 171 Å². The molecule has 0 bridgehead atoms. The molecule has 10 heteroatoms. The van der Waals surface area contributed by atoms with Gasteiger partial charge in [-0.3, -0.25) is 9.10 Å². The minimum absolute atomic E-state index is 0. The van der Waals surface area contributed by atoms with Crippen LogP contribution >= 0.6 is 12.4 Å². The summed E-state index contributed by atoms with van der Waals surface area (Å²) < 4.78 is 27.7. The van der Waals surface area contributed by atoms with Crippen LogP contribution in [0.1, 0.15) is 28.6 Å². The van der Waals surface area contributed by atoms with Crippen LogP contribution in [0.3, 0.4) is 0 Å². The molecule has 28 heavy (non-hydrogen) atoms. The Bertz CT molecular complexity index is 962. The first-order chi connectivity index (χ1) is 13.0. The fourth-order valence-corrected chi connectivity index (χ4v) is 5.32. The molecule has 0 spiro atoms. The SMILES string of the molecule is Cl.Cn1ccnc1C1CNCCN1C(=O)c1cccc(N2CCCS2(=O)=O)c1. The molecule has 1 unspecified atom stereocenters. The Balaban J connectivity index is 0.00000225. The first-order valence-electron chi connectivity index (χ1n) is 9.07. The number of benzene rings is 1. The van der Waals surface area contributed by atoms with Crippen molar-refractivity contribution in [3.8, 4) is 0 Å². The number of carbonyl (C=O) groups is 1. The Kier molecular flexibility index (Phi) is 5.97. The van der Waals surface area contributed by atoms with Gasteiger partial charge in [-0.15, -0.1) is 12.4 Å². The van der Waals surface area contributed by atoms with Gasteiger partial charge in [0.15, 0.2) is 0 Å². The summed E-state index contributed by atoms with van der Waals surface area (Å²) in [6, 6.07) is 6.75. The summed E-state index contributed by atoms with van der Waals surface area (Å²) in [7, 11) is -1.36. The number of hydrogen-bond donors (Lipinski definition) is 1. The number of amides is 1. The number of anilines is 1. The first-order valence-corrected chi connectivity index (χ1v) is 10.7. The summed E-state index contributed by atoms with van der Waals surface area (Å²) in [5, 5.41) is 3.32. The number of imidazole rings is 1. The van der Waals surface area contributed by atoms with E-state index >= 15 is 0 Å². The molecule has 4 rings (SSSR count). The van der Waals surface area contributed by atoms with E-state index in [1.807, 2.05) is 22.7 Å². The largest absolute Gasteiger partial charge is 0.336 e. The zero-order chi connectivity index (χ0) is 19.0. The van der Waals surface area contributed by atoms with E-state index in [9.17, 15) is 13.2 Å². The van der Waals surface area contributed by atoms with Gasteiger partial charge >= 0.3 is 0 Å². The van der Waals surface area contributed by atoms with E-state index in [0.717, 1.165) is 5.82 Å². The minimum atomic E-state index is -3.27. The number of piperazine rings is 1. The highest BCUT2D eigenvalue weighted by Gasteiger charge is 2.32. The summed E-state index contributed by atoms with van der Waals surface area (Å²) in [6.45, 7) is 2.38. The highest BCUT2D eigenvalue weighted by Crippen LogP contribution is 2.27. The van der Waals surface area contributed by atoms with Crippen LogP contribution in [0.25, 0.3) is 0 Å². The van der Waals surface area contributed by atoms with Gasteiger partial charge in [0, 0.05) is 51.2 Å². The van der Waals surface area contributed by atoms with Crippen molar-refractivity contribution in [2.45, 2.75) is 12.5 Å². The molecule has 2 aliphatic rings. The first kappa shape index (κ1) is 20.6. The van der Waals surface area contributed by atoms with Crippen molar-refractivity contribution < 1.29 is 13.2 Å². The predicted molar refractivity (Wildman–Crippen MR) is 109 cm³/mol. The highest BCUT2D eigenvalue weighted by atomic mass is 35.5. The molecular formula is C18H24ClN5O3S. The number of aryl methyl sites for hydroxylation is 1. The van der Waals surface area contributed by atoms with Crippen LogP contribution in [0.2, 0.25) is 0 Å². The zero-order valence-corrected chi connectivity index (χ0v) is 17.2. The molecule has 1 atom stereocenters. The maximum Gasteiger partial charge on any atom is 0.254 e. The Hall–Kier alpha value is -2.10. The Morgan fingerprint density at radius 1 is 1.29 bits per heavy atom. The fourth-order valence-electron chi connectivity index (χ4n) is 3.77. The Morgan fingerprint density at radius 2 is 2.11 bits per heavy atom. The number of aromatic nitrogens is 2. The van der Waals surface area contributed by atoms with Crippen LogP contribution < -0.4 is 9.62 Å². The number of nitrogens with zero attached hydrogens (tertiary/aromatic N) is 4. The number of sulfonamides is 1. The van der Waals surface area contributed by atoms with Crippen molar-refractivity contribution in [3.05, 3.63) is 48.0 Å². The average molecular weight is 426 g/mol. The molecule has 2 aliphatic heterocycles. The molecule has 0 saturated carbocycles. The van der Waals surface area contributed by atoms with E-state index in [1.165, 1.54) is 4.31 Å². The minimum Gasteiger partial charge on any atom is -0.336 e. The zero-order valence-electron chi connectivity index (χ0n) is 15.6. The molecule has 0 aliphatic carbocycles. The van der Waals surface area contributed by atoms with E-state index in [4.69, 9.17) is 0 Å². The van der Waals surface area contributed by atoms with Crippen molar-refractivity contribution in [1.82, 2.24) is 19.8 Å². The van der Waals surface area contributed by atoms with Crippen molar-refractivity contribution in [1.29, 1.82) is 0 Å². The van der Waals surface area contributed by atoms with Crippen LogP contribution in [-0.4, -0.2) is 60.7 Å². The van der Waals surface area contributed by atoms with Gasteiger partial charge in [-0.25, -0.2) is 13.4 Å². The monoisotopic (exact) mass is 425 g/mol. The standard InChI is InChI=1S/C18H23N5O3S.ClH/c1-21-9-7-20-17(21)16-13-19-6-10-22(16)18(24)14-4-2-5-15(12-14)23-8-3-11-27(23,25)26;/h2,4-5,7,9,12,16,19H,3,6,8,10-11,13H2,1H3;1H. The molecule has 8 nitrogen and oxygen atoms in total. The summed E-state index contributed by atoms with van der Waals surface area (Å²) in [5.41, 5.74) is 1.05. The predicted octanol–water partition coefficient (Wildman–Crippen LogP) is 1.17. The van der Waals surface area contributed by atoms with Gasteiger partial charge in [0.2, 0.25) is 10.0 Å². The summed E-state index contributed by atoms with van der Waals surface area (Å²) in [5.74, 6) is 0.876. The molecule has 2 saturated heterocycles. The molecule has 0 radical (unpaired) electrons. The normalized spacial score (nSPS) is 21.4. The highest BCUT2D eigenvalue weighted by molar-refractivity contribution is 7.93. The van der Waals surface area contributed by atoms with Crippen molar-refractivity contribution in [2.75, 3.05) is 36.2 Å². The Morgan fingerprint density at radius 3 is 2.79 bits per heavy atom. The lowest BCUT2D eigenvalue weighted by molar-refractivity contribution is 0.0621. The van der Waals surface area contributed by atoms with E-state index in [2.05, 4.69) is 10.3 Å². The van der Waals surface area contributed by atoms with Gasteiger partial charge < -0.3 is 14.8 Å². The molecule has 1 aromatic heterocycles. The quantitative estimate of drug-likeness (QED) is 0.797. The topological polar surface area (TPSA) is 87.5 Å². The molecule has 1 amide bonds. The van der Waals surface area contributed by atoms with E-state index < -0.39 is 10.0 Å². The van der Waals surface area contributed by atoms with E-state index in [0.29, 0.717) is 43.9 Å². The molecule has 1 N–H and O–H groups in total. The molecule has 3 heterocycles. The number of hydrogen-bond acceptors (Lipinski definition) is 5. The van der Waals surface area contributed by atoms with Crippen LogP contribution in [0.15, 0.2) is 36.7 Å². The van der Waals surface area contributed by atoms with Crippen LogP contribution in [0.4, 0.5) is 5.69 Å². The van der Waals surface area contributed by atoms with Gasteiger partial charge in [0.1, 0.15) is 11.9 Å². The van der Waals surface area contributed by atoms with Gasteiger partial charge in [-0.2, -0.15) is 0 Å². The molecular weight excluding hydrogens is 402 g/mol.